The van der Waals surface area contributed by atoms with Gasteiger partial charge in [0.1, 0.15) is 5.82 Å². The van der Waals surface area contributed by atoms with Gasteiger partial charge in [0.15, 0.2) is 0 Å². The highest BCUT2D eigenvalue weighted by Gasteiger charge is 2.43. The average molecular weight is 478 g/mol. The highest BCUT2D eigenvalue weighted by atomic mass is 19.4. The van der Waals surface area contributed by atoms with E-state index in [0.717, 1.165) is 68.2 Å². The maximum absolute atomic E-state index is 13.2. The molecule has 10 heteroatoms. The molecule has 0 spiro atoms. The van der Waals surface area contributed by atoms with Crippen LogP contribution in [0.15, 0.2) is 29.2 Å². The fourth-order valence-electron chi connectivity index (χ4n) is 5.87. The molecule has 2 aliphatic heterocycles. The lowest BCUT2D eigenvalue weighted by molar-refractivity contribution is -0.138. The van der Waals surface area contributed by atoms with Gasteiger partial charge < -0.3 is 19.9 Å². The highest BCUT2D eigenvalue weighted by molar-refractivity contribution is 5.59. The Morgan fingerprint density at radius 1 is 1.21 bits per heavy atom. The molecule has 2 aromatic rings. The van der Waals surface area contributed by atoms with Crippen LogP contribution in [0.4, 0.5) is 19.0 Å². The van der Waals surface area contributed by atoms with Crippen LogP contribution in [0.2, 0.25) is 0 Å². The molecule has 3 aliphatic rings. The van der Waals surface area contributed by atoms with Crippen molar-refractivity contribution < 1.29 is 17.9 Å². The van der Waals surface area contributed by atoms with Crippen LogP contribution in [-0.4, -0.2) is 46.6 Å². The van der Waals surface area contributed by atoms with Crippen molar-refractivity contribution in [2.75, 3.05) is 25.1 Å². The summed E-state index contributed by atoms with van der Waals surface area (Å²) in [7, 11) is 1.30. The van der Waals surface area contributed by atoms with Gasteiger partial charge in [-0.3, -0.25) is 4.79 Å². The Kier molecular flexibility index (Phi) is 6.37. The third kappa shape index (κ3) is 4.84. The van der Waals surface area contributed by atoms with Crippen molar-refractivity contribution >= 4 is 5.82 Å². The summed E-state index contributed by atoms with van der Waals surface area (Å²) < 4.78 is 45.9. The molecule has 1 saturated carbocycles. The van der Waals surface area contributed by atoms with Gasteiger partial charge in [-0.05, 0) is 74.6 Å². The number of aromatic nitrogens is 3. The molecule has 2 N–H and O–H groups in total. The first-order valence-corrected chi connectivity index (χ1v) is 12.0. The van der Waals surface area contributed by atoms with Crippen LogP contribution in [0.1, 0.15) is 37.7 Å². The Balaban J connectivity index is 1.24. The van der Waals surface area contributed by atoms with E-state index in [-0.39, 0.29) is 17.3 Å². The smallest absolute Gasteiger partial charge is 0.381 e. The number of anilines is 1. The van der Waals surface area contributed by atoms with Crippen molar-refractivity contribution in [2.24, 2.45) is 24.8 Å². The predicted octanol–water partition coefficient (Wildman–Crippen LogP) is 3.46. The van der Waals surface area contributed by atoms with E-state index in [4.69, 9.17) is 4.74 Å². The van der Waals surface area contributed by atoms with Crippen molar-refractivity contribution in [1.82, 2.24) is 20.1 Å². The molecular weight excluding hydrogens is 447 g/mol. The quantitative estimate of drug-likeness (QED) is 0.687. The fraction of sp³-hybridized carbons (Fsp3) is 0.625. The molecule has 184 valence electrons. The van der Waals surface area contributed by atoms with Gasteiger partial charge in [-0.25, -0.2) is 0 Å². The van der Waals surface area contributed by atoms with E-state index in [0.29, 0.717) is 23.7 Å². The molecule has 4 atom stereocenters. The third-order valence-electron chi connectivity index (χ3n) is 7.64. The Morgan fingerprint density at radius 2 is 2.00 bits per heavy atom. The molecule has 2 saturated heterocycles. The van der Waals surface area contributed by atoms with Crippen molar-refractivity contribution in [3.05, 3.63) is 40.3 Å². The number of hydrogen-bond donors (Lipinski definition) is 2. The number of rotatable bonds is 5. The number of nitrogens with one attached hydrogen (secondary N) is 2. The summed E-state index contributed by atoms with van der Waals surface area (Å²) in [5.41, 5.74) is -1.43. The molecule has 0 bridgehead atoms. The van der Waals surface area contributed by atoms with Crippen LogP contribution in [-0.2, 0) is 18.0 Å². The molecule has 3 fully saturated rings. The number of nitrogens with zero attached hydrogens (tertiary/aromatic N) is 3. The van der Waals surface area contributed by atoms with Gasteiger partial charge in [0, 0.05) is 38.5 Å². The normalized spacial score (nSPS) is 27.6. The monoisotopic (exact) mass is 477 g/mol. The van der Waals surface area contributed by atoms with Gasteiger partial charge >= 0.3 is 6.18 Å². The summed E-state index contributed by atoms with van der Waals surface area (Å²) in [4.78, 5) is 12.4. The fourth-order valence-corrected chi connectivity index (χ4v) is 5.87. The van der Waals surface area contributed by atoms with Gasteiger partial charge in [-0.1, -0.05) is 0 Å². The molecule has 0 aromatic carbocycles. The van der Waals surface area contributed by atoms with Gasteiger partial charge in [0.05, 0.1) is 16.8 Å². The van der Waals surface area contributed by atoms with Crippen LogP contribution in [0.25, 0.3) is 11.3 Å². The summed E-state index contributed by atoms with van der Waals surface area (Å²) >= 11 is 0. The zero-order valence-electron chi connectivity index (χ0n) is 19.1. The van der Waals surface area contributed by atoms with E-state index < -0.39 is 17.3 Å². The summed E-state index contributed by atoms with van der Waals surface area (Å²) in [6.07, 6.45) is 1.85. The molecule has 7 nitrogen and oxygen atoms in total. The van der Waals surface area contributed by atoms with Crippen molar-refractivity contribution in [3.8, 4) is 11.3 Å². The first-order valence-electron chi connectivity index (χ1n) is 12.0. The Morgan fingerprint density at radius 3 is 2.71 bits per heavy atom. The highest BCUT2D eigenvalue weighted by Crippen LogP contribution is 2.41. The second kappa shape index (κ2) is 9.30. The van der Waals surface area contributed by atoms with Crippen LogP contribution in [0.3, 0.4) is 0 Å². The minimum atomic E-state index is -4.55. The number of aryl methyl sites for hydroxylation is 1. The second-order valence-corrected chi connectivity index (χ2v) is 9.90. The number of halogens is 3. The standard InChI is InChI=1S/C24H30F3N5O2/c1-32-13-16(24(25,26)27)10-19(23(32)33)20-2-3-22(31-30-20)29-17-9-15-12-28-21(18(15)11-17)8-14-4-6-34-7-5-14/h2-3,10,13-15,17-18,21,28H,4-9,11-12H2,1H3,(H,29,31)/t15-,17+,18+,21+/m1/s1. The predicted molar refractivity (Wildman–Crippen MR) is 121 cm³/mol. The lowest BCUT2D eigenvalue weighted by atomic mass is 9.85. The Bertz CT molecular complexity index is 1070. The topological polar surface area (TPSA) is 81.1 Å². The maximum atomic E-state index is 13.2. The molecule has 0 radical (unpaired) electrons. The summed E-state index contributed by atoms with van der Waals surface area (Å²) in [6, 6.07) is 4.91. The van der Waals surface area contributed by atoms with E-state index in [2.05, 4.69) is 20.8 Å². The van der Waals surface area contributed by atoms with E-state index >= 15 is 0 Å². The lowest BCUT2D eigenvalue weighted by Gasteiger charge is -2.27. The van der Waals surface area contributed by atoms with Gasteiger partial charge in [0.25, 0.3) is 5.56 Å². The summed E-state index contributed by atoms with van der Waals surface area (Å²) in [5.74, 6) is 2.59. The van der Waals surface area contributed by atoms with E-state index in [1.807, 2.05) is 0 Å². The molecule has 5 rings (SSSR count). The number of ether oxygens (including phenoxy) is 1. The Hall–Kier alpha value is -2.46. The van der Waals surface area contributed by atoms with Crippen LogP contribution >= 0.6 is 0 Å². The van der Waals surface area contributed by atoms with Crippen molar-refractivity contribution in [3.63, 3.8) is 0 Å². The van der Waals surface area contributed by atoms with Crippen molar-refractivity contribution in [1.29, 1.82) is 0 Å². The molecule has 4 heterocycles. The zero-order chi connectivity index (χ0) is 23.9. The van der Waals surface area contributed by atoms with Crippen LogP contribution in [0, 0.1) is 17.8 Å². The van der Waals surface area contributed by atoms with Gasteiger partial charge in [-0.15, -0.1) is 10.2 Å². The average Bonchev–Trinajstić information content (AvgIpc) is 3.37. The van der Waals surface area contributed by atoms with Crippen molar-refractivity contribution in [2.45, 2.75) is 50.4 Å². The number of hydrogen-bond acceptors (Lipinski definition) is 6. The largest absolute Gasteiger partial charge is 0.417 e. The Labute approximate surface area is 196 Å². The molecule has 2 aromatic heterocycles. The second-order valence-electron chi connectivity index (χ2n) is 9.90. The van der Waals surface area contributed by atoms with Crippen LogP contribution in [0.5, 0.6) is 0 Å². The lowest BCUT2D eigenvalue weighted by Crippen LogP contribution is -2.33. The third-order valence-corrected chi connectivity index (χ3v) is 7.64. The van der Waals surface area contributed by atoms with Gasteiger partial charge in [-0.2, -0.15) is 13.2 Å². The first kappa shape index (κ1) is 23.3. The van der Waals surface area contributed by atoms with Crippen LogP contribution < -0.4 is 16.2 Å². The van der Waals surface area contributed by atoms with E-state index in [9.17, 15) is 18.0 Å². The number of fused-ring (bicyclic) bond motifs is 1. The number of alkyl halides is 3. The summed E-state index contributed by atoms with van der Waals surface area (Å²) in [5, 5.41) is 15.4. The molecule has 0 unspecified atom stereocenters. The molecule has 1 aliphatic carbocycles. The minimum Gasteiger partial charge on any atom is -0.381 e. The summed E-state index contributed by atoms with van der Waals surface area (Å²) in [6.45, 7) is 2.79. The molecule has 34 heavy (non-hydrogen) atoms. The minimum absolute atomic E-state index is 0.117. The van der Waals surface area contributed by atoms with E-state index in [1.165, 1.54) is 13.5 Å². The SMILES string of the molecule is Cn1cc(C(F)(F)F)cc(-c2ccc(N[C@H]3C[C@@H]4CN[C@@H](CC5CCOCC5)[C@H]4C3)nn2)c1=O. The first-order chi connectivity index (χ1) is 16.3. The van der Waals surface area contributed by atoms with E-state index in [1.54, 1.807) is 12.1 Å². The zero-order valence-corrected chi connectivity index (χ0v) is 19.1. The molecular formula is C24H30F3N5O2. The maximum Gasteiger partial charge on any atom is 0.417 e. The van der Waals surface area contributed by atoms with Gasteiger partial charge in [0.2, 0.25) is 0 Å². The number of pyridine rings is 1. The molecule has 0 amide bonds.